The summed E-state index contributed by atoms with van der Waals surface area (Å²) in [5.74, 6) is -0.726. The smallest absolute Gasteiger partial charge is 0.342 e. The van der Waals surface area contributed by atoms with Crippen molar-refractivity contribution in [2.75, 3.05) is 6.61 Å². The van der Waals surface area contributed by atoms with Crippen LogP contribution in [0.25, 0.3) is 5.69 Å². The van der Waals surface area contributed by atoms with Crippen LogP contribution in [-0.2, 0) is 4.74 Å². The zero-order valence-corrected chi connectivity index (χ0v) is 15.1. The van der Waals surface area contributed by atoms with Gasteiger partial charge in [-0.15, -0.1) is 11.3 Å². The summed E-state index contributed by atoms with van der Waals surface area (Å²) in [5.41, 5.74) is 2.53. The van der Waals surface area contributed by atoms with Gasteiger partial charge in [0.2, 0.25) is 5.78 Å². The van der Waals surface area contributed by atoms with Crippen molar-refractivity contribution in [1.29, 1.82) is 0 Å². The molecule has 0 spiro atoms. The molecule has 3 rings (SSSR count). The van der Waals surface area contributed by atoms with E-state index >= 15 is 0 Å². The minimum absolute atomic E-state index is 0.197. The van der Waals surface area contributed by atoms with E-state index in [0.717, 1.165) is 10.6 Å². The second-order valence-corrected chi connectivity index (χ2v) is 6.99. The standard InChI is InChI=1S/C19H18N2O3S/c1-12-9-10-17(25-12)16(22)11-24-19(23)18-13(2)20-21(14(18)3)15-7-5-4-6-8-15/h4-10H,11H2,1-3H3. The molecule has 1 aromatic carbocycles. The molecule has 2 heterocycles. The van der Waals surface area contributed by atoms with Gasteiger partial charge >= 0.3 is 5.97 Å². The fourth-order valence-corrected chi connectivity index (χ4v) is 3.41. The molecule has 6 heteroatoms. The maximum Gasteiger partial charge on any atom is 0.342 e. The molecule has 0 saturated heterocycles. The van der Waals surface area contributed by atoms with Crippen molar-refractivity contribution in [2.24, 2.45) is 0 Å². The second-order valence-electron chi connectivity index (χ2n) is 5.70. The van der Waals surface area contributed by atoms with Gasteiger partial charge in [-0.25, -0.2) is 9.48 Å². The Labute approximate surface area is 149 Å². The number of ketones is 1. The fraction of sp³-hybridized carbons (Fsp3) is 0.211. The molecule has 0 saturated carbocycles. The normalized spacial score (nSPS) is 10.7. The van der Waals surface area contributed by atoms with E-state index in [1.54, 1.807) is 17.7 Å². The Hall–Kier alpha value is -2.73. The monoisotopic (exact) mass is 354 g/mol. The van der Waals surface area contributed by atoms with Crippen LogP contribution in [0.4, 0.5) is 0 Å². The lowest BCUT2D eigenvalue weighted by Gasteiger charge is -2.05. The topological polar surface area (TPSA) is 61.2 Å². The zero-order chi connectivity index (χ0) is 18.0. The molecule has 0 amide bonds. The maximum absolute atomic E-state index is 12.4. The van der Waals surface area contributed by atoms with Gasteiger partial charge in [-0.05, 0) is 45.0 Å². The number of rotatable bonds is 5. The van der Waals surface area contributed by atoms with Crippen LogP contribution < -0.4 is 0 Å². The number of benzene rings is 1. The third kappa shape index (κ3) is 3.53. The van der Waals surface area contributed by atoms with Crippen molar-refractivity contribution in [1.82, 2.24) is 9.78 Å². The Bertz CT molecular complexity index is 926. The van der Waals surface area contributed by atoms with E-state index in [0.29, 0.717) is 21.8 Å². The number of thiophene rings is 1. The Balaban J connectivity index is 1.76. The van der Waals surface area contributed by atoms with Gasteiger partial charge in [0.05, 0.1) is 22.0 Å². The average Bonchev–Trinajstić information content (AvgIpc) is 3.16. The molecule has 0 aliphatic rings. The number of aryl methyl sites for hydroxylation is 2. The van der Waals surface area contributed by atoms with Crippen LogP contribution in [0.5, 0.6) is 0 Å². The Morgan fingerprint density at radius 3 is 2.44 bits per heavy atom. The number of aromatic nitrogens is 2. The summed E-state index contributed by atoms with van der Waals surface area (Å²) in [6.07, 6.45) is 0. The first kappa shape index (κ1) is 17.1. The molecule has 0 aliphatic heterocycles. The van der Waals surface area contributed by atoms with E-state index in [-0.39, 0.29) is 12.4 Å². The third-order valence-corrected chi connectivity index (χ3v) is 4.89. The summed E-state index contributed by atoms with van der Waals surface area (Å²) < 4.78 is 6.93. The Morgan fingerprint density at radius 2 is 1.80 bits per heavy atom. The second kappa shape index (κ2) is 7.03. The number of para-hydroxylation sites is 1. The van der Waals surface area contributed by atoms with Gasteiger partial charge in [-0.1, -0.05) is 18.2 Å². The first-order valence-corrected chi connectivity index (χ1v) is 8.67. The minimum atomic E-state index is -0.529. The predicted octanol–water partition coefficient (Wildman–Crippen LogP) is 3.90. The summed E-state index contributed by atoms with van der Waals surface area (Å²) in [6, 6.07) is 13.2. The lowest BCUT2D eigenvalue weighted by atomic mass is 10.2. The fourth-order valence-electron chi connectivity index (χ4n) is 2.62. The highest BCUT2D eigenvalue weighted by molar-refractivity contribution is 7.14. The van der Waals surface area contributed by atoms with Crippen LogP contribution in [0.1, 0.15) is 36.3 Å². The summed E-state index contributed by atoms with van der Waals surface area (Å²) in [6.45, 7) is 5.23. The Morgan fingerprint density at radius 1 is 1.08 bits per heavy atom. The molecule has 0 unspecified atom stereocenters. The zero-order valence-electron chi connectivity index (χ0n) is 14.3. The van der Waals surface area contributed by atoms with Crippen LogP contribution >= 0.6 is 11.3 Å². The molecule has 0 fully saturated rings. The van der Waals surface area contributed by atoms with Crippen molar-refractivity contribution in [3.63, 3.8) is 0 Å². The highest BCUT2D eigenvalue weighted by atomic mass is 32.1. The first-order valence-electron chi connectivity index (χ1n) is 7.86. The van der Waals surface area contributed by atoms with Crippen molar-refractivity contribution in [2.45, 2.75) is 20.8 Å². The summed E-state index contributed by atoms with van der Waals surface area (Å²) >= 11 is 1.39. The van der Waals surface area contributed by atoms with Gasteiger partial charge < -0.3 is 4.74 Å². The SMILES string of the molecule is Cc1ccc(C(=O)COC(=O)c2c(C)nn(-c3ccccc3)c2C)s1. The molecule has 128 valence electrons. The van der Waals surface area contributed by atoms with Crippen molar-refractivity contribution < 1.29 is 14.3 Å². The number of nitrogens with zero attached hydrogens (tertiary/aromatic N) is 2. The van der Waals surface area contributed by atoms with E-state index in [2.05, 4.69) is 5.10 Å². The number of Topliss-reactive ketones (excluding diaryl/α,β-unsaturated/α-hetero) is 1. The highest BCUT2D eigenvalue weighted by Crippen LogP contribution is 2.20. The van der Waals surface area contributed by atoms with E-state index in [4.69, 9.17) is 4.74 Å². The number of carbonyl (C=O) groups is 2. The molecule has 0 bridgehead atoms. The van der Waals surface area contributed by atoms with Crippen molar-refractivity contribution in [3.8, 4) is 5.69 Å². The van der Waals surface area contributed by atoms with Gasteiger partial charge in [-0.2, -0.15) is 5.10 Å². The molecule has 25 heavy (non-hydrogen) atoms. The van der Waals surface area contributed by atoms with Gasteiger partial charge in [0.15, 0.2) is 6.61 Å². The molecule has 0 N–H and O–H groups in total. The van der Waals surface area contributed by atoms with E-state index in [1.165, 1.54) is 11.3 Å². The lowest BCUT2D eigenvalue weighted by molar-refractivity contribution is 0.0474. The van der Waals surface area contributed by atoms with Crippen LogP contribution in [0.2, 0.25) is 0 Å². The molecule has 0 atom stereocenters. The van der Waals surface area contributed by atoms with E-state index in [9.17, 15) is 9.59 Å². The number of hydrogen-bond donors (Lipinski definition) is 0. The quantitative estimate of drug-likeness (QED) is 0.515. The van der Waals surface area contributed by atoms with Gasteiger partial charge in [0.25, 0.3) is 0 Å². The number of carbonyl (C=O) groups excluding carboxylic acids is 2. The third-order valence-electron chi connectivity index (χ3n) is 3.85. The van der Waals surface area contributed by atoms with Crippen molar-refractivity contribution >= 4 is 23.1 Å². The van der Waals surface area contributed by atoms with Gasteiger partial charge in [-0.3, -0.25) is 4.79 Å². The van der Waals surface area contributed by atoms with E-state index < -0.39 is 5.97 Å². The largest absolute Gasteiger partial charge is 0.454 e. The van der Waals surface area contributed by atoms with Crippen molar-refractivity contribution in [3.05, 3.63) is 69.2 Å². The molecular weight excluding hydrogens is 336 g/mol. The number of esters is 1. The molecular formula is C19H18N2O3S. The first-order chi connectivity index (χ1) is 12.0. The molecule has 0 aliphatic carbocycles. The summed E-state index contributed by atoms with van der Waals surface area (Å²) in [5, 5.41) is 4.42. The molecule has 2 aromatic heterocycles. The number of hydrogen-bond acceptors (Lipinski definition) is 5. The average molecular weight is 354 g/mol. The van der Waals surface area contributed by atoms with E-state index in [1.807, 2.05) is 50.2 Å². The lowest BCUT2D eigenvalue weighted by Crippen LogP contribution is -2.14. The molecule has 0 radical (unpaired) electrons. The van der Waals surface area contributed by atoms with Crippen LogP contribution in [0.15, 0.2) is 42.5 Å². The van der Waals surface area contributed by atoms with Gasteiger partial charge in [0.1, 0.15) is 5.56 Å². The highest BCUT2D eigenvalue weighted by Gasteiger charge is 2.22. The van der Waals surface area contributed by atoms with Gasteiger partial charge in [0, 0.05) is 4.88 Å². The van der Waals surface area contributed by atoms with Crippen LogP contribution in [0.3, 0.4) is 0 Å². The predicted molar refractivity (Wildman–Crippen MR) is 96.7 cm³/mol. The van der Waals surface area contributed by atoms with Crippen LogP contribution in [-0.4, -0.2) is 28.1 Å². The molecule has 5 nitrogen and oxygen atoms in total. The molecule has 3 aromatic rings. The Kier molecular flexibility index (Phi) is 4.81. The number of ether oxygens (including phenoxy) is 1. The van der Waals surface area contributed by atoms with Crippen LogP contribution in [0, 0.1) is 20.8 Å². The maximum atomic E-state index is 12.4. The summed E-state index contributed by atoms with van der Waals surface area (Å²) in [7, 11) is 0. The summed E-state index contributed by atoms with van der Waals surface area (Å²) in [4.78, 5) is 26.2. The minimum Gasteiger partial charge on any atom is -0.454 e.